The lowest BCUT2D eigenvalue weighted by Gasteiger charge is -2.39. The van der Waals surface area contributed by atoms with E-state index in [1.54, 1.807) is 4.90 Å². The average molecular weight is 258 g/mol. The summed E-state index contributed by atoms with van der Waals surface area (Å²) in [5.74, 6) is 0.0441. The summed E-state index contributed by atoms with van der Waals surface area (Å²) in [4.78, 5) is 14.6. The first kappa shape index (κ1) is 14.4. The summed E-state index contributed by atoms with van der Waals surface area (Å²) in [5.41, 5.74) is 5.12. The number of nitrogens with zero attached hydrogens (tertiary/aromatic N) is 1. The van der Waals surface area contributed by atoms with Crippen LogP contribution in [0, 0.1) is 5.41 Å². The van der Waals surface area contributed by atoms with Crippen molar-refractivity contribution < 1.29 is 9.53 Å². The minimum Gasteiger partial charge on any atom is -0.392 e. The van der Waals surface area contributed by atoms with Crippen LogP contribution in [-0.4, -0.2) is 42.1 Å². The van der Waals surface area contributed by atoms with Crippen LogP contribution in [0.1, 0.15) is 33.1 Å². The van der Waals surface area contributed by atoms with Crippen LogP contribution in [0.2, 0.25) is 0 Å². The average Bonchev–Trinajstić information content (AvgIpc) is 2.36. The molecule has 17 heavy (non-hydrogen) atoms. The molecule has 0 aromatic rings. The molecule has 98 valence electrons. The minimum atomic E-state index is -0.689. The van der Waals surface area contributed by atoms with Gasteiger partial charge in [-0.25, -0.2) is 0 Å². The Bertz CT molecular complexity index is 301. The molecule has 1 amide bonds. The first-order chi connectivity index (χ1) is 7.95. The molecular weight excluding hydrogens is 236 g/mol. The summed E-state index contributed by atoms with van der Waals surface area (Å²) in [6, 6.07) is 0.205. The minimum absolute atomic E-state index is 0.0441. The molecule has 1 aliphatic rings. The monoisotopic (exact) mass is 258 g/mol. The molecule has 5 heteroatoms. The molecule has 0 spiro atoms. The first-order valence-corrected chi connectivity index (χ1v) is 6.51. The number of hydrogen-bond acceptors (Lipinski definition) is 3. The van der Waals surface area contributed by atoms with Gasteiger partial charge in [-0.3, -0.25) is 4.79 Å². The van der Waals surface area contributed by atoms with Crippen molar-refractivity contribution >= 4 is 23.1 Å². The molecule has 1 unspecified atom stereocenters. The Morgan fingerprint density at radius 1 is 1.53 bits per heavy atom. The van der Waals surface area contributed by atoms with Gasteiger partial charge in [-0.2, -0.15) is 0 Å². The molecule has 1 fully saturated rings. The van der Waals surface area contributed by atoms with Gasteiger partial charge >= 0.3 is 0 Å². The summed E-state index contributed by atoms with van der Waals surface area (Å²) in [7, 11) is 1.83. The summed E-state index contributed by atoms with van der Waals surface area (Å²) in [6.07, 6.45) is 2.12. The third-order valence-electron chi connectivity index (χ3n) is 3.80. The summed E-state index contributed by atoms with van der Waals surface area (Å²) >= 11 is 5.12. The zero-order valence-corrected chi connectivity index (χ0v) is 11.7. The molecule has 0 aromatic heterocycles. The summed E-state index contributed by atoms with van der Waals surface area (Å²) < 4.78 is 5.31. The van der Waals surface area contributed by atoms with Crippen molar-refractivity contribution in [2.45, 2.75) is 39.2 Å². The highest BCUT2D eigenvalue weighted by Gasteiger charge is 2.45. The van der Waals surface area contributed by atoms with Crippen LogP contribution < -0.4 is 5.73 Å². The Morgan fingerprint density at radius 2 is 2.06 bits per heavy atom. The largest absolute Gasteiger partial charge is 0.392 e. The highest BCUT2D eigenvalue weighted by atomic mass is 32.1. The smallest absolute Gasteiger partial charge is 0.235 e. The number of hydrogen-bond donors (Lipinski definition) is 1. The van der Waals surface area contributed by atoms with E-state index in [0.29, 0.717) is 31.0 Å². The van der Waals surface area contributed by atoms with Crippen LogP contribution in [0.5, 0.6) is 0 Å². The Balaban J connectivity index is 2.91. The number of carbonyl (C=O) groups is 1. The van der Waals surface area contributed by atoms with Crippen molar-refractivity contribution in [2.75, 3.05) is 20.3 Å². The Morgan fingerprint density at radius 3 is 2.47 bits per heavy atom. The molecule has 0 radical (unpaired) electrons. The lowest BCUT2D eigenvalue weighted by atomic mass is 9.78. The molecule has 0 saturated carbocycles. The molecule has 0 aromatic carbocycles. The van der Waals surface area contributed by atoms with Crippen molar-refractivity contribution in [3.63, 3.8) is 0 Å². The maximum atomic E-state index is 12.6. The fourth-order valence-corrected chi connectivity index (χ4v) is 2.39. The normalized spacial score (nSPS) is 20.6. The van der Waals surface area contributed by atoms with Crippen LogP contribution >= 0.6 is 12.2 Å². The van der Waals surface area contributed by atoms with Crippen molar-refractivity contribution in [3.8, 4) is 0 Å². The van der Waals surface area contributed by atoms with Crippen molar-refractivity contribution in [3.05, 3.63) is 0 Å². The Kier molecular flexibility index (Phi) is 4.89. The van der Waals surface area contributed by atoms with E-state index in [0.717, 1.165) is 6.42 Å². The van der Waals surface area contributed by atoms with Gasteiger partial charge in [0.1, 0.15) is 5.41 Å². The Hall–Kier alpha value is -0.680. The fraction of sp³-hybridized carbons (Fsp3) is 0.833. The highest BCUT2D eigenvalue weighted by molar-refractivity contribution is 7.80. The lowest BCUT2D eigenvalue weighted by molar-refractivity contribution is -0.142. The van der Waals surface area contributed by atoms with Crippen LogP contribution in [0.15, 0.2) is 0 Å². The highest BCUT2D eigenvalue weighted by Crippen LogP contribution is 2.33. The zero-order chi connectivity index (χ0) is 13.1. The number of thiocarbonyl (C=S) groups is 1. The maximum Gasteiger partial charge on any atom is 0.235 e. The molecule has 4 nitrogen and oxygen atoms in total. The van der Waals surface area contributed by atoms with Gasteiger partial charge in [0, 0.05) is 26.3 Å². The van der Waals surface area contributed by atoms with E-state index < -0.39 is 5.41 Å². The van der Waals surface area contributed by atoms with Gasteiger partial charge in [0.15, 0.2) is 0 Å². The number of ether oxygens (including phenoxy) is 1. The van der Waals surface area contributed by atoms with E-state index >= 15 is 0 Å². The molecule has 1 heterocycles. The van der Waals surface area contributed by atoms with E-state index in [1.807, 2.05) is 14.0 Å². The summed E-state index contributed by atoms with van der Waals surface area (Å²) in [6.45, 7) is 5.20. The molecule has 1 rings (SSSR count). The van der Waals surface area contributed by atoms with Gasteiger partial charge in [0.2, 0.25) is 5.91 Å². The van der Waals surface area contributed by atoms with E-state index in [9.17, 15) is 4.79 Å². The summed E-state index contributed by atoms with van der Waals surface area (Å²) in [5, 5.41) is 0. The van der Waals surface area contributed by atoms with Crippen LogP contribution in [-0.2, 0) is 9.53 Å². The molecule has 1 aliphatic heterocycles. The fourth-order valence-electron chi connectivity index (χ4n) is 2.10. The second kappa shape index (κ2) is 5.78. The van der Waals surface area contributed by atoms with Gasteiger partial charge in [-0.1, -0.05) is 19.1 Å². The van der Waals surface area contributed by atoms with Gasteiger partial charge in [-0.05, 0) is 26.2 Å². The quantitative estimate of drug-likeness (QED) is 0.773. The number of rotatable bonds is 4. The first-order valence-electron chi connectivity index (χ1n) is 6.10. The zero-order valence-electron chi connectivity index (χ0n) is 10.9. The van der Waals surface area contributed by atoms with Crippen LogP contribution in [0.4, 0.5) is 0 Å². The SMILES string of the molecule is CCC(C)N(C)C(=O)C1(C(N)=S)CCOCC1. The Labute approximate surface area is 108 Å². The van der Waals surface area contributed by atoms with Gasteiger partial charge in [-0.15, -0.1) is 0 Å². The van der Waals surface area contributed by atoms with Crippen molar-refractivity contribution in [2.24, 2.45) is 11.1 Å². The molecule has 1 saturated heterocycles. The topological polar surface area (TPSA) is 55.6 Å². The van der Waals surface area contributed by atoms with E-state index in [2.05, 4.69) is 6.92 Å². The van der Waals surface area contributed by atoms with Crippen molar-refractivity contribution in [1.29, 1.82) is 0 Å². The van der Waals surface area contributed by atoms with Crippen LogP contribution in [0.3, 0.4) is 0 Å². The number of amides is 1. The number of carbonyl (C=O) groups excluding carboxylic acids is 1. The number of nitrogens with two attached hydrogens (primary N) is 1. The van der Waals surface area contributed by atoms with E-state index in [-0.39, 0.29) is 11.9 Å². The molecule has 0 bridgehead atoms. The molecular formula is C12H22N2O2S. The van der Waals surface area contributed by atoms with E-state index in [4.69, 9.17) is 22.7 Å². The van der Waals surface area contributed by atoms with Gasteiger partial charge in [0.05, 0.1) is 4.99 Å². The van der Waals surface area contributed by atoms with Gasteiger partial charge < -0.3 is 15.4 Å². The standard InChI is InChI=1S/C12H22N2O2S/c1-4-9(2)14(3)11(15)12(10(13)17)5-7-16-8-6-12/h9H,4-8H2,1-3H3,(H2,13,17). The molecule has 2 N–H and O–H groups in total. The third-order valence-corrected chi connectivity index (χ3v) is 4.19. The predicted molar refractivity (Wildman–Crippen MR) is 71.8 cm³/mol. The maximum absolute atomic E-state index is 12.6. The van der Waals surface area contributed by atoms with Gasteiger partial charge in [0.25, 0.3) is 0 Å². The van der Waals surface area contributed by atoms with Crippen LogP contribution in [0.25, 0.3) is 0 Å². The van der Waals surface area contributed by atoms with Crippen molar-refractivity contribution in [1.82, 2.24) is 4.90 Å². The second-order valence-corrected chi connectivity index (χ2v) is 5.17. The predicted octanol–water partition coefficient (Wildman–Crippen LogP) is 1.33. The molecule has 1 atom stereocenters. The second-order valence-electron chi connectivity index (χ2n) is 4.73. The third kappa shape index (κ3) is 2.77. The van der Waals surface area contributed by atoms with E-state index in [1.165, 1.54) is 0 Å². The lowest BCUT2D eigenvalue weighted by Crippen LogP contribution is -2.54. The molecule has 0 aliphatic carbocycles.